The van der Waals surface area contributed by atoms with Crippen molar-refractivity contribution in [2.24, 2.45) is 0 Å². The summed E-state index contributed by atoms with van der Waals surface area (Å²) in [5.41, 5.74) is 1.83. The highest BCUT2D eigenvalue weighted by Crippen LogP contribution is 2.35. The van der Waals surface area contributed by atoms with E-state index in [1.807, 2.05) is 28.5 Å². The third-order valence-electron chi connectivity index (χ3n) is 5.58. The molecule has 2 aliphatic rings. The van der Waals surface area contributed by atoms with Gasteiger partial charge in [-0.25, -0.2) is 0 Å². The minimum atomic E-state index is -0.303. The molecule has 0 bridgehead atoms. The van der Waals surface area contributed by atoms with Gasteiger partial charge in [-0.05, 0) is 36.4 Å². The van der Waals surface area contributed by atoms with Crippen molar-refractivity contribution in [1.82, 2.24) is 4.90 Å². The third kappa shape index (κ3) is 3.87. The monoisotopic (exact) mass is 416 g/mol. The molecule has 0 aliphatic carbocycles. The Kier molecular flexibility index (Phi) is 5.57. The van der Waals surface area contributed by atoms with Gasteiger partial charge < -0.3 is 19.4 Å². The molecule has 0 radical (unpaired) electrons. The number of carbonyl (C=O) groups is 1. The smallest absolute Gasteiger partial charge is 0.292 e. The highest BCUT2D eigenvalue weighted by molar-refractivity contribution is 7.12. The van der Waals surface area contributed by atoms with Gasteiger partial charge in [-0.1, -0.05) is 0 Å². The number of benzene rings is 1. The maximum Gasteiger partial charge on any atom is 0.292 e. The third-order valence-corrected chi connectivity index (χ3v) is 6.46. The van der Waals surface area contributed by atoms with Crippen LogP contribution in [-0.4, -0.2) is 62.1 Å². The molecular formula is C20H24N4O4S. The Labute approximate surface area is 173 Å². The maximum atomic E-state index is 12.8. The first-order chi connectivity index (χ1) is 14.1. The van der Waals surface area contributed by atoms with Crippen molar-refractivity contribution in [3.05, 3.63) is 44.6 Å². The lowest BCUT2D eigenvalue weighted by Gasteiger charge is -2.36. The second-order valence-electron chi connectivity index (χ2n) is 7.22. The van der Waals surface area contributed by atoms with Crippen molar-refractivity contribution in [3.8, 4) is 5.75 Å². The van der Waals surface area contributed by atoms with Crippen molar-refractivity contribution in [1.29, 1.82) is 0 Å². The molecular weight excluding hydrogens is 392 g/mol. The van der Waals surface area contributed by atoms with Crippen molar-refractivity contribution in [2.45, 2.75) is 12.8 Å². The van der Waals surface area contributed by atoms with Gasteiger partial charge >= 0.3 is 0 Å². The Morgan fingerprint density at radius 2 is 1.79 bits per heavy atom. The average molecular weight is 417 g/mol. The average Bonchev–Trinajstić information content (AvgIpc) is 3.44. The van der Waals surface area contributed by atoms with E-state index in [9.17, 15) is 14.9 Å². The Morgan fingerprint density at radius 1 is 1.07 bits per heavy atom. The van der Waals surface area contributed by atoms with E-state index in [2.05, 4.69) is 9.80 Å². The van der Waals surface area contributed by atoms with Crippen molar-refractivity contribution < 1.29 is 14.5 Å². The zero-order valence-corrected chi connectivity index (χ0v) is 17.2. The Morgan fingerprint density at radius 3 is 2.45 bits per heavy atom. The second-order valence-corrected chi connectivity index (χ2v) is 8.14. The highest BCUT2D eigenvalue weighted by atomic mass is 32.1. The van der Waals surface area contributed by atoms with E-state index in [0.29, 0.717) is 42.5 Å². The number of nitro groups is 1. The molecule has 8 nitrogen and oxygen atoms in total. The summed E-state index contributed by atoms with van der Waals surface area (Å²) in [5, 5.41) is 13.3. The fourth-order valence-corrected chi connectivity index (χ4v) is 4.82. The summed E-state index contributed by atoms with van der Waals surface area (Å²) in [6.07, 6.45) is 2.13. The molecule has 2 aliphatic heterocycles. The van der Waals surface area contributed by atoms with Gasteiger partial charge in [0.2, 0.25) is 0 Å². The molecule has 29 heavy (non-hydrogen) atoms. The van der Waals surface area contributed by atoms with Crippen molar-refractivity contribution in [3.63, 3.8) is 0 Å². The zero-order valence-electron chi connectivity index (χ0n) is 16.4. The first kappa shape index (κ1) is 19.5. The van der Waals surface area contributed by atoms with Crippen molar-refractivity contribution >= 4 is 34.3 Å². The van der Waals surface area contributed by atoms with Crippen LogP contribution >= 0.6 is 11.3 Å². The predicted molar refractivity (Wildman–Crippen MR) is 114 cm³/mol. The number of ether oxygens (including phenoxy) is 1. The maximum absolute atomic E-state index is 12.8. The quantitative estimate of drug-likeness (QED) is 0.550. The van der Waals surface area contributed by atoms with Crippen LogP contribution in [0.2, 0.25) is 0 Å². The van der Waals surface area contributed by atoms with Crippen LogP contribution in [0.15, 0.2) is 29.6 Å². The zero-order chi connectivity index (χ0) is 20.4. The van der Waals surface area contributed by atoms with Crippen LogP contribution in [-0.2, 0) is 0 Å². The Bertz CT molecular complexity index is 902. The molecule has 4 rings (SSSR count). The van der Waals surface area contributed by atoms with E-state index in [1.54, 1.807) is 13.2 Å². The first-order valence-electron chi connectivity index (χ1n) is 9.77. The molecule has 1 amide bonds. The number of amides is 1. The summed E-state index contributed by atoms with van der Waals surface area (Å²) in [6.45, 7) is 4.31. The predicted octanol–water partition coefficient (Wildman–Crippen LogP) is 3.23. The molecule has 0 spiro atoms. The molecule has 0 saturated carbocycles. The molecule has 2 saturated heterocycles. The minimum Gasteiger partial charge on any atom is -0.495 e. The van der Waals surface area contributed by atoms with Crippen LogP contribution in [0.1, 0.15) is 22.5 Å². The van der Waals surface area contributed by atoms with Gasteiger partial charge in [0.15, 0.2) is 0 Å². The number of rotatable bonds is 5. The summed E-state index contributed by atoms with van der Waals surface area (Å²) < 4.78 is 5.27. The Balaban J connectivity index is 1.47. The number of carbonyl (C=O) groups excluding carboxylic acids is 1. The summed E-state index contributed by atoms with van der Waals surface area (Å²) >= 11 is 1.39. The normalized spacial score (nSPS) is 16.9. The van der Waals surface area contributed by atoms with Gasteiger partial charge in [0, 0.05) is 51.0 Å². The van der Waals surface area contributed by atoms with Gasteiger partial charge in [-0.2, -0.15) is 0 Å². The lowest BCUT2D eigenvalue weighted by molar-refractivity contribution is -0.384. The first-order valence-corrected chi connectivity index (χ1v) is 10.7. The molecule has 154 valence electrons. The molecule has 0 N–H and O–H groups in total. The van der Waals surface area contributed by atoms with Gasteiger partial charge in [0.05, 0.1) is 12.0 Å². The number of hydrogen-bond donors (Lipinski definition) is 0. The van der Waals surface area contributed by atoms with Gasteiger partial charge in [0.25, 0.3) is 11.6 Å². The lowest BCUT2D eigenvalue weighted by atomic mass is 10.2. The van der Waals surface area contributed by atoms with E-state index < -0.39 is 0 Å². The van der Waals surface area contributed by atoms with Gasteiger partial charge in [-0.3, -0.25) is 14.9 Å². The summed E-state index contributed by atoms with van der Waals surface area (Å²) in [5.74, 6) is 0.617. The number of nitro benzene ring substituents is 1. The molecule has 2 aromatic rings. The lowest BCUT2D eigenvalue weighted by Crippen LogP contribution is -2.48. The molecule has 2 fully saturated rings. The number of thiophene rings is 1. The standard InChI is InChI=1S/C20H24N4O4S/c1-28-18-6-13-29-19(18)20(25)23-11-9-21(10-12-23)15-4-5-16(24(26)27)17(14-15)22-7-2-3-8-22/h4-6,13-14H,2-3,7-12H2,1H3. The summed E-state index contributed by atoms with van der Waals surface area (Å²) in [6, 6.07) is 7.17. The van der Waals surface area contributed by atoms with Gasteiger partial charge in [0.1, 0.15) is 16.3 Å². The molecule has 9 heteroatoms. The van der Waals surface area contributed by atoms with E-state index in [0.717, 1.165) is 31.6 Å². The van der Waals surface area contributed by atoms with Crippen LogP contribution < -0.4 is 14.5 Å². The SMILES string of the molecule is COc1ccsc1C(=O)N1CCN(c2ccc([N+](=O)[O-])c(N3CCCC3)c2)CC1. The second kappa shape index (κ2) is 8.28. The molecule has 1 aromatic carbocycles. The van der Waals surface area contributed by atoms with E-state index in [1.165, 1.54) is 11.3 Å². The highest BCUT2D eigenvalue weighted by Gasteiger charge is 2.27. The number of anilines is 2. The topological polar surface area (TPSA) is 79.2 Å². The molecule has 0 unspecified atom stereocenters. The summed E-state index contributed by atoms with van der Waals surface area (Å²) in [7, 11) is 1.57. The molecule has 1 aromatic heterocycles. The van der Waals surface area contributed by atoms with Crippen LogP contribution in [0.4, 0.5) is 17.1 Å². The van der Waals surface area contributed by atoms with E-state index in [4.69, 9.17) is 4.74 Å². The number of hydrogen-bond acceptors (Lipinski definition) is 7. The summed E-state index contributed by atoms with van der Waals surface area (Å²) in [4.78, 5) is 30.7. The number of methoxy groups -OCH3 is 1. The van der Waals surface area contributed by atoms with E-state index >= 15 is 0 Å². The fraction of sp³-hybridized carbons (Fsp3) is 0.450. The molecule has 3 heterocycles. The Hall–Kier alpha value is -2.81. The molecule has 0 atom stereocenters. The minimum absolute atomic E-state index is 0.00189. The van der Waals surface area contributed by atoms with E-state index in [-0.39, 0.29) is 16.5 Å². The largest absolute Gasteiger partial charge is 0.495 e. The fourth-order valence-electron chi connectivity index (χ4n) is 4.00. The number of nitrogens with zero attached hydrogens (tertiary/aromatic N) is 4. The van der Waals surface area contributed by atoms with Crippen LogP contribution in [0.5, 0.6) is 5.75 Å². The van der Waals surface area contributed by atoms with Crippen LogP contribution in [0, 0.1) is 10.1 Å². The van der Waals surface area contributed by atoms with Gasteiger partial charge in [-0.15, -0.1) is 11.3 Å². The van der Waals surface area contributed by atoms with Crippen molar-refractivity contribution in [2.75, 3.05) is 56.2 Å². The number of piperazine rings is 1. The van der Waals surface area contributed by atoms with Crippen LogP contribution in [0.3, 0.4) is 0 Å². The van der Waals surface area contributed by atoms with Crippen LogP contribution in [0.25, 0.3) is 0 Å².